The van der Waals surface area contributed by atoms with E-state index in [-0.39, 0.29) is 10.4 Å². The zero-order valence-corrected chi connectivity index (χ0v) is 12.9. The van der Waals surface area contributed by atoms with Gasteiger partial charge in [0.25, 0.3) is 0 Å². The molecular formula is C15H20ClF3N2. The highest BCUT2D eigenvalue weighted by Crippen LogP contribution is 2.47. The van der Waals surface area contributed by atoms with Gasteiger partial charge in [0.1, 0.15) is 0 Å². The maximum Gasteiger partial charge on any atom is 0.416 e. The van der Waals surface area contributed by atoms with Gasteiger partial charge in [-0.25, -0.2) is 0 Å². The second kappa shape index (κ2) is 5.36. The van der Waals surface area contributed by atoms with Crippen molar-refractivity contribution in [3.63, 3.8) is 0 Å². The summed E-state index contributed by atoms with van der Waals surface area (Å²) in [6.07, 6.45) is -1.58. The summed E-state index contributed by atoms with van der Waals surface area (Å²) in [6.45, 7) is 4.55. The van der Waals surface area contributed by atoms with E-state index >= 15 is 0 Å². The van der Waals surface area contributed by atoms with Crippen LogP contribution in [0.5, 0.6) is 0 Å². The predicted octanol–water partition coefficient (Wildman–Crippen LogP) is 4.68. The fraction of sp³-hybridized carbons (Fsp3) is 0.600. The molecular weight excluding hydrogens is 301 g/mol. The summed E-state index contributed by atoms with van der Waals surface area (Å²) >= 11 is 5.83. The van der Waals surface area contributed by atoms with Gasteiger partial charge in [-0.3, -0.25) is 0 Å². The number of benzene rings is 1. The van der Waals surface area contributed by atoms with Gasteiger partial charge in [-0.1, -0.05) is 31.9 Å². The lowest BCUT2D eigenvalue weighted by atomic mass is 9.74. The number of hydrogen-bond donors (Lipinski definition) is 2. The Labute approximate surface area is 127 Å². The molecule has 0 aliphatic heterocycles. The Morgan fingerprint density at radius 3 is 2.38 bits per heavy atom. The van der Waals surface area contributed by atoms with Gasteiger partial charge in [0.2, 0.25) is 0 Å². The molecule has 1 aliphatic rings. The lowest BCUT2D eigenvalue weighted by Crippen LogP contribution is -2.53. The Hall–Kier alpha value is -0.940. The third-order valence-corrected chi connectivity index (χ3v) is 4.88. The molecule has 118 valence electrons. The van der Waals surface area contributed by atoms with Crippen LogP contribution in [0.2, 0.25) is 5.02 Å². The normalized spacial score (nSPS) is 25.1. The lowest BCUT2D eigenvalue weighted by molar-refractivity contribution is -0.137. The van der Waals surface area contributed by atoms with Gasteiger partial charge in [-0.05, 0) is 36.5 Å². The van der Waals surface area contributed by atoms with Gasteiger partial charge in [-0.2, -0.15) is 13.2 Å². The Morgan fingerprint density at radius 2 is 1.90 bits per heavy atom. The second-order valence-electron chi connectivity index (χ2n) is 6.38. The van der Waals surface area contributed by atoms with Crippen molar-refractivity contribution in [1.29, 1.82) is 0 Å². The van der Waals surface area contributed by atoms with E-state index in [9.17, 15) is 13.2 Å². The van der Waals surface area contributed by atoms with Crippen LogP contribution in [0.25, 0.3) is 0 Å². The zero-order valence-electron chi connectivity index (χ0n) is 12.1. The smallest absolute Gasteiger partial charge is 0.378 e. The van der Waals surface area contributed by atoms with Crippen LogP contribution in [0.3, 0.4) is 0 Å². The SMILES string of the molecule is CC1(C)CCCC1(CN)Nc1cc(Cl)cc(C(F)(F)F)c1. The highest BCUT2D eigenvalue weighted by Gasteiger charge is 2.48. The van der Waals surface area contributed by atoms with Crippen LogP contribution in [-0.2, 0) is 6.18 Å². The molecule has 0 bridgehead atoms. The summed E-state index contributed by atoms with van der Waals surface area (Å²) in [5.41, 5.74) is 5.07. The number of halogens is 4. The number of alkyl halides is 3. The van der Waals surface area contributed by atoms with E-state index in [0.717, 1.165) is 31.4 Å². The first-order valence-corrected chi connectivity index (χ1v) is 7.33. The summed E-state index contributed by atoms with van der Waals surface area (Å²) in [7, 11) is 0. The highest BCUT2D eigenvalue weighted by atomic mass is 35.5. The average molecular weight is 321 g/mol. The number of nitrogens with two attached hydrogens (primary N) is 1. The average Bonchev–Trinajstić information content (AvgIpc) is 2.63. The van der Waals surface area contributed by atoms with E-state index in [2.05, 4.69) is 19.2 Å². The van der Waals surface area contributed by atoms with Crippen LogP contribution in [0.15, 0.2) is 18.2 Å². The Bertz CT molecular complexity index is 528. The van der Waals surface area contributed by atoms with Gasteiger partial charge < -0.3 is 11.1 Å². The Morgan fingerprint density at radius 1 is 1.24 bits per heavy atom. The maximum absolute atomic E-state index is 12.9. The molecule has 1 fully saturated rings. The lowest BCUT2D eigenvalue weighted by Gasteiger charge is -2.42. The van der Waals surface area contributed by atoms with Crippen molar-refractivity contribution in [2.45, 2.75) is 44.8 Å². The molecule has 6 heteroatoms. The molecule has 3 N–H and O–H groups in total. The third kappa shape index (κ3) is 3.14. The summed E-state index contributed by atoms with van der Waals surface area (Å²) in [5, 5.41) is 3.30. The first kappa shape index (κ1) is 16.4. The second-order valence-corrected chi connectivity index (χ2v) is 6.81. The van der Waals surface area contributed by atoms with Gasteiger partial charge in [0.05, 0.1) is 11.1 Å². The van der Waals surface area contributed by atoms with Crippen LogP contribution in [-0.4, -0.2) is 12.1 Å². The largest absolute Gasteiger partial charge is 0.416 e. The molecule has 2 rings (SSSR count). The number of nitrogens with one attached hydrogen (secondary N) is 1. The van der Waals surface area contributed by atoms with Crippen LogP contribution < -0.4 is 11.1 Å². The van der Waals surface area contributed by atoms with Gasteiger partial charge >= 0.3 is 6.18 Å². The molecule has 0 heterocycles. The van der Waals surface area contributed by atoms with Crippen LogP contribution in [0, 0.1) is 5.41 Å². The molecule has 1 unspecified atom stereocenters. The quantitative estimate of drug-likeness (QED) is 0.848. The molecule has 1 saturated carbocycles. The molecule has 0 aromatic heterocycles. The molecule has 0 amide bonds. The van der Waals surface area contributed by atoms with E-state index < -0.39 is 17.3 Å². The molecule has 0 radical (unpaired) electrons. The maximum atomic E-state index is 12.9. The van der Waals surface area contributed by atoms with E-state index in [0.29, 0.717) is 12.2 Å². The fourth-order valence-electron chi connectivity index (χ4n) is 3.17. The minimum Gasteiger partial charge on any atom is -0.378 e. The van der Waals surface area contributed by atoms with Crippen molar-refractivity contribution in [1.82, 2.24) is 0 Å². The van der Waals surface area contributed by atoms with Crippen molar-refractivity contribution >= 4 is 17.3 Å². The van der Waals surface area contributed by atoms with Gasteiger partial charge in [-0.15, -0.1) is 0 Å². The first-order valence-electron chi connectivity index (χ1n) is 6.96. The summed E-state index contributed by atoms with van der Waals surface area (Å²) < 4.78 is 38.6. The number of hydrogen-bond acceptors (Lipinski definition) is 2. The van der Waals surface area contributed by atoms with Crippen LogP contribution in [0.1, 0.15) is 38.7 Å². The van der Waals surface area contributed by atoms with Crippen molar-refractivity contribution in [2.24, 2.45) is 11.1 Å². The molecule has 1 aliphatic carbocycles. The van der Waals surface area contributed by atoms with Crippen LogP contribution >= 0.6 is 11.6 Å². The van der Waals surface area contributed by atoms with E-state index in [1.54, 1.807) is 0 Å². The number of rotatable bonds is 3. The molecule has 0 saturated heterocycles. The van der Waals surface area contributed by atoms with Crippen LogP contribution in [0.4, 0.5) is 18.9 Å². The fourth-order valence-corrected chi connectivity index (χ4v) is 3.41. The zero-order chi connectivity index (χ0) is 15.9. The molecule has 2 nitrogen and oxygen atoms in total. The van der Waals surface area contributed by atoms with E-state index in [1.807, 2.05) is 0 Å². The van der Waals surface area contributed by atoms with Crippen molar-refractivity contribution in [3.8, 4) is 0 Å². The van der Waals surface area contributed by atoms with Gasteiger partial charge in [0.15, 0.2) is 0 Å². The van der Waals surface area contributed by atoms with E-state index in [4.69, 9.17) is 17.3 Å². The molecule has 1 aromatic carbocycles. The molecule has 0 spiro atoms. The monoisotopic (exact) mass is 320 g/mol. The first-order chi connectivity index (χ1) is 9.60. The van der Waals surface area contributed by atoms with Crippen molar-refractivity contribution in [3.05, 3.63) is 28.8 Å². The summed E-state index contributed by atoms with van der Waals surface area (Å²) in [4.78, 5) is 0. The minimum atomic E-state index is -4.41. The summed E-state index contributed by atoms with van der Waals surface area (Å²) in [5.74, 6) is 0. The van der Waals surface area contributed by atoms with E-state index in [1.165, 1.54) is 6.07 Å². The molecule has 1 atom stereocenters. The molecule has 21 heavy (non-hydrogen) atoms. The Kier molecular flexibility index (Phi) is 4.19. The highest BCUT2D eigenvalue weighted by molar-refractivity contribution is 6.30. The third-order valence-electron chi connectivity index (χ3n) is 4.66. The Balaban J connectivity index is 2.37. The van der Waals surface area contributed by atoms with Gasteiger partial charge in [0, 0.05) is 17.3 Å². The predicted molar refractivity (Wildman–Crippen MR) is 79.5 cm³/mol. The minimum absolute atomic E-state index is 0.0651. The standard InChI is InChI=1S/C15H20ClF3N2/c1-13(2)4-3-5-14(13,9-20)21-12-7-10(15(17,18)19)6-11(16)8-12/h6-8,21H,3-5,9,20H2,1-2H3. The summed E-state index contributed by atoms with van der Waals surface area (Å²) in [6, 6.07) is 3.54. The topological polar surface area (TPSA) is 38.0 Å². The number of anilines is 1. The van der Waals surface area contributed by atoms with Crippen molar-refractivity contribution < 1.29 is 13.2 Å². The van der Waals surface area contributed by atoms with Crippen molar-refractivity contribution in [2.75, 3.05) is 11.9 Å². The molecule has 1 aromatic rings.